The molecule has 1 atom stereocenters. The first-order valence-corrected chi connectivity index (χ1v) is 6.83. The molecular weight excluding hydrogens is 226 g/mol. The number of rotatable bonds is 6. The van der Waals surface area contributed by atoms with Crippen LogP contribution in [-0.2, 0) is 10.0 Å². The Balaban J connectivity index is 2.61. The molecule has 2 N–H and O–H groups in total. The molecule has 5 heteroatoms. The van der Waals surface area contributed by atoms with E-state index in [-0.39, 0.29) is 24.8 Å². The fraction of sp³-hybridized carbons (Fsp3) is 0.455. The van der Waals surface area contributed by atoms with Gasteiger partial charge in [0.15, 0.2) is 0 Å². The number of aliphatic hydroxyl groups is 1. The third-order valence-electron chi connectivity index (χ3n) is 2.27. The normalized spacial score (nSPS) is 13.6. The number of hydrogen-bond donors (Lipinski definition) is 2. The van der Waals surface area contributed by atoms with Crippen LogP contribution in [-0.4, -0.2) is 32.4 Å². The fourth-order valence-corrected chi connectivity index (χ4v) is 2.84. The van der Waals surface area contributed by atoms with Gasteiger partial charge in [0, 0.05) is 6.54 Å². The summed E-state index contributed by atoms with van der Waals surface area (Å²) >= 11 is 0. The van der Waals surface area contributed by atoms with Crippen LogP contribution in [0.2, 0.25) is 0 Å². The number of aliphatic hydroxyl groups excluding tert-OH is 1. The van der Waals surface area contributed by atoms with Crippen LogP contribution in [0.25, 0.3) is 0 Å². The third kappa shape index (κ3) is 4.30. The predicted molar refractivity (Wildman–Crippen MR) is 63.7 cm³/mol. The lowest BCUT2D eigenvalue weighted by Crippen LogP contribution is -2.30. The summed E-state index contributed by atoms with van der Waals surface area (Å²) in [7, 11) is -3.30. The summed E-state index contributed by atoms with van der Waals surface area (Å²) in [5.41, 5.74) is 0.997. The first kappa shape index (κ1) is 13.2. The minimum Gasteiger partial charge on any atom is -0.395 e. The van der Waals surface area contributed by atoms with Crippen molar-refractivity contribution in [3.05, 3.63) is 35.9 Å². The Labute approximate surface area is 96.4 Å². The molecule has 0 aromatic heterocycles. The van der Waals surface area contributed by atoms with Gasteiger partial charge < -0.3 is 5.11 Å². The molecular formula is C11H17NO3S. The number of sulfonamides is 1. The Morgan fingerprint density at radius 1 is 1.31 bits per heavy atom. The SMILES string of the molecule is CC(CS(=O)(=O)NCCO)c1ccccc1. The van der Waals surface area contributed by atoms with E-state index in [0.717, 1.165) is 5.56 Å². The van der Waals surface area contributed by atoms with Gasteiger partial charge in [0.1, 0.15) is 0 Å². The third-order valence-corrected chi connectivity index (χ3v) is 3.85. The highest BCUT2D eigenvalue weighted by Gasteiger charge is 2.15. The summed E-state index contributed by atoms with van der Waals surface area (Å²) in [6, 6.07) is 9.49. The predicted octanol–water partition coefficient (Wildman–Crippen LogP) is 0.702. The van der Waals surface area contributed by atoms with Crippen molar-refractivity contribution >= 4 is 10.0 Å². The van der Waals surface area contributed by atoms with Crippen molar-refractivity contribution in [2.45, 2.75) is 12.8 Å². The van der Waals surface area contributed by atoms with E-state index in [9.17, 15) is 8.42 Å². The lowest BCUT2D eigenvalue weighted by atomic mass is 10.0. The molecule has 16 heavy (non-hydrogen) atoms. The van der Waals surface area contributed by atoms with Crippen LogP contribution in [0.15, 0.2) is 30.3 Å². The lowest BCUT2D eigenvalue weighted by molar-refractivity contribution is 0.301. The lowest BCUT2D eigenvalue weighted by Gasteiger charge is -2.12. The van der Waals surface area contributed by atoms with Gasteiger partial charge in [0.05, 0.1) is 12.4 Å². The quantitative estimate of drug-likeness (QED) is 0.773. The van der Waals surface area contributed by atoms with Gasteiger partial charge in [-0.05, 0) is 11.5 Å². The molecule has 1 aromatic carbocycles. The van der Waals surface area contributed by atoms with E-state index in [1.54, 1.807) is 0 Å². The topological polar surface area (TPSA) is 66.4 Å². The van der Waals surface area contributed by atoms with Gasteiger partial charge in [-0.3, -0.25) is 0 Å². The molecule has 1 rings (SSSR count). The molecule has 1 unspecified atom stereocenters. The zero-order valence-corrected chi connectivity index (χ0v) is 10.1. The van der Waals surface area contributed by atoms with Crippen LogP contribution in [0.1, 0.15) is 18.4 Å². The van der Waals surface area contributed by atoms with E-state index in [4.69, 9.17) is 5.11 Å². The van der Waals surface area contributed by atoms with Crippen molar-refractivity contribution in [1.29, 1.82) is 0 Å². The van der Waals surface area contributed by atoms with Gasteiger partial charge in [-0.25, -0.2) is 13.1 Å². The van der Waals surface area contributed by atoms with Crippen molar-refractivity contribution in [2.24, 2.45) is 0 Å². The van der Waals surface area contributed by atoms with Crippen molar-refractivity contribution in [1.82, 2.24) is 4.72 Å². The molecule has 0 bridgehead atoms. The van der Waals surface area contributed by atoms with Crippen molar-refractivity contribution in [3.8, 4) is 0 Å². The largest absolute Gasteiger partial charge is 0.395 e. The molecule has 4 nitrogen and oxygen atoms in total. The van der Waals surface area contributed by atoms with Gasteiger partial charge in [-0.1, -0.05) is 37.3 Å². The minimum atomic E-state index is -3.30. The fourth-order valence-electron chi connectivity index (χ4n) is 1.47. The van der Waals surface area contributed by atoms with Crippen LogP contribution in [0, 0.1) is 0 Å². The van der Waals surface area contributed by atoms with Gasteiger partial charge in [-0.15, -0.1) is 0 Å². The first-order chi connectivity index (χ1) is 7.55. The molecule has 0 heterocycles. The summed E-state index contributed by atoms with van der Waals surface area (Å²) in [6.07, 6.45) is 0. The molecule has 0 aliphatic rings. The Hall–Kier alpha value is -0.910. The Morgan fingerprint density at radius 3 is 2.50 bits per heavy atom. The smallest absolute Gasteiger partial charge is 0.212 e. The van der Waals surface area contributed by atoms with Crippen LogP contribution < -0.4 is 4.72 Å². The van der Waals surface area contributed by atoms with Crippen molar-refractivity contribution in [2.75, 3.05) is 18.9 Å². The van der Waals surface area contributed by atoms with Crippen molar-refractivity contribution in [3.63, 3.8) is 0 Å². The maximum Gasteiger partial charge on any atom is 0.212 e. The van der Waals surface area contributed by atoms with Crippen LogP contribution in [0.5, 0.6) is 0 Å². The van der Waals surface area contributed by atoms with E-state index in [1.165, 1.54) is 0 Å². The maximum atomic E-state index is 11.6. The monoisotopic (exact) mass is 243 g/mol. The van der Waals surface area contributed by atoms with E-state index >= 15 is 0 Å². The highest BCUT2D eigenvalue weighted by molar-refractivity contribution is 7.89. The summed E-state index contributed by atoms with van der Waals surface area (Å²) in [6.45, 7) is 1.76. The van der Waals surface area contributed by atoms with Gasteiger partial charge in [0.2, 0.25) is 10.0 Å². The number of hydrogen-bond acceptors (Lipinski definition) is 3. The molecule has 0 aliphatic heterocycles. The molecule has 0 radical (unpaired) electrons. The average Bonchev–Trinajstić information content (AvgIpc) is 2.27. The summed E-state index contributed by atoms with van der Waals surface area (Å²) in [5, 5.41) is 8.55. The highest BCUT2D eigenvalue weighted by Crippen LogP contribution is 2.15. The second-order valence-electron chi connectivity index (χ2n) is 3.71. The maximum absolute atomic E-state index is 11.6. The summed E-state index contributed by atoms with van der Waals surface area (Å²) < 4.78 is 25.4. The molecule has 0 spiro atoms. The molecule has 0 saturated heterocycles. The minimum absolute atomic E-state index is 0.0387. The average molecular weight is 243 g/mol. The van der Waals surface area contributed by atoms with Crippen LogP contribution in [0.3, 0.4) is 0 Å². The number of nitrogens with one attached hydrogen (secondary N) is 1. The second-order valence-corrected chi connectivity index (χ2v) is 5.56. The molecule has 0 aliphatic carbocycles. The molecule has 0 saturated carbocycles. The Morgan fingerprint density at radius 2 is 1.94 bits per heavy atom. The van der Waals surface area contributed by atoms with Gasteiger partial charge in [-0.2, -0.15) is 0 Å². The van der Waals surface area contributed by atoms with E-state index in [1.807, 2.05) is 37.3 Å². The van der Waals surface area contributed by atoms with E-state index < -0.39 is 10.0 Å². The van der Waals surface area contributed by atoms with Gasteiger partial charge in [0.25, 0.3) is 0 Å². The van der Waals surface area contributed by atoms with Crippen LogP contribution >= 0.6 is 0 Å². The molecule has 0 fully saturated rings. The van der Waals surface area contributed by atoms with E-state index in [0.29, 0.717) is 0 Å². The second kappa shape index (κ2) is 5.98. The highest BCUT2D eigenvalue weighted by atomic mass is 32.2. The standard InChI is InChI=1S/C11H17NO3S/c1-10(11-5-3-2-4-6-11)9-16(14,15)12-7-8-13/h2-6,10,12-13H,7-9H2,1H3. The molecule has 0 amide bonds. The van der Waals surface area contributed by atoms with Gasteiger partial charge >= 0.3 is 0 Å². The number of benzene rings is 1. The zero-order valence-electron chi connectivity index (χ0n) is 9.26. The Bertz CT molecular complexity index is 402. The van der Waals surface area contributed by atoms with Crippen molar-refractivity contribution < 1.29 is 13.5 Å². The summed E-state index contributed by atoms with van der Waals surface area (Å²) in [4.78, 5) is 0. The Kier molecular flexibility index (Phi) is 4.92. The zero-order chi connectivity index (χ0) is 12.0. The summed E-state index contributed by atoms with van der Waals surface area (Å²) in [5.74, 6) is -0.0193. The van der Waals surface area contributed by atoms with Crippen LogP contribution in [0.4, 0.5) is 0 Å². The first-order valence-electron chi connectivity index (χ1n) is 5.18. The van der Waals surface area contributed by atoms with E-state index in [2.05, 4.69) is 4.72 Å². The molecule has 1 aromatic rings. The molecule has 90 valence electrons.